The van der Waals surface area contributed by atoms with Gasteiger partial charge in [0.1, 0.15) is 12.3 Å². The fourth-order valence-corrected chi connectivity index (χ4v) is 3.09. The van der Waals surface area contributed by atoms with Crippen molar-refractivity contribution < 1.29 is 18.8 Å². The van der Waals surface area contributed by atoms with Gasteiger partial charge in [-0.1, -0.05) is 0 Å². The standard InChI is InChI=1S/C13H9N3O4S2/c17-10(15-12-14-3-5-21-12)7-16-11(18)9(22-13(16)19)6-8-2-1-4-20-8/h1-6H,7H2,(H,14,15,17)/b9-6+. The first-order valence-corrected chi connectivity index (χ1v) is 7.81. The summed E-state index contributed by atoms with van der Waals surface area (Å²) in [6.45, 7) is -0.347. The molecule has 7 nitrogen and oxygen atoms in total. The van der Waals surface area contributed by atoms with E-state index in [1.807, 2.05) is 0 Å². The topological polar surface area (TPSA) is 92.5 Å². The van der Waals surface area contributed by atoms with Gasteiger partial charge in [-0.2, -0.15) is 0 Å². The summed E-state index contributed by atoms with van der Waals surface area (Å²) in [5, 5.41) is 4.17. The lowest BCUT2D eigenvalue weighted by Gasteiger charge is -2.11. The molecule has 1 aliphatic rings. The molecule has 112 valence electrons. The largest absolute Gasteiger partial charge is 0.465 e. The molecule has 22 heavy (non-hydrogen) atoms. The van der Waals surface area contributed by atoms with Gasteiger partial charge in [0, 0.05) is 17.7 Å². The molecule has 0 aliphatic carbocycles. The molecular formula is C13H9N3O4S2. The molecule has 1 saturated heterocycles. The predicted molar refractivity (Wildman–Crippen MR) is 82.1 cm³/mol. The van der Waals surface area contributed by atoms with Crippen LogP contribution in [-0.4, -0.2) is 33.5 Å². The van der Waals surface area contributed by atoms with E-state index in [1.54, 1.807) is 23.7 Å². The summed E-state index contributed by atoms with van der Waals surface area (Å²) in [5.74, 6) is -0.519. The van der Waals surface area contributed by atoms with Crippen molar-refractivity contribution in [2.75, 3.05) is 11.9 Å². The maximum Gasteiger partial charge on any atom is 0.294 e. The highest BCUT2D eigenvalue weighted by molar-refractivity contribution is 8.18. The van der Waals surface area contributed by atoms with Crippen LogP contribution in [0.4, 0.5) is 9.93 Å². The van der Waals surface area contributed by atoms with Gasteiger partial charge in [-0.05, 0) is 23.9 Å². The summed E-state index contributed by atoms with van der Waals surface area (Å²) < 4.78 is 5.11. The van der Waals surface area contributed by atoms with Crippen LogP contribution in [0.15, 0.2) is 39.3 Å². The quantitative estimate of drug-likeness (QED) is 0.863. The number of thioether (sulfide) groups is 1. The number of anilines is 1. The summed E-state index contributed by atoms with van der Waals surface area (Å²) >= 11 is 2.03. The van der Waals surface area contributed by atoms with E-state index in [-0.39, 0.29) is 11.4 Å². The molecule has 0 saturated carbocycles. The highest BCUT2D eigenvalue weighted by Crippen LogP contribution is 2.32. The van der Waals surface area contributed by atoms with E-state index < -0.39 is 17.1 Å². The van der Waals surface area contributed by atoms with Crippen LogP contribution < -0.4 is 5.32 Å². The van der Waals surface area contributed by atoms with Gasteiger partial charge in [0.2, 0.25) is 5.91 Å². The van der Waals surface area contributed by atoms with Gasteiger partial charge in [0.25, 0.3) is 11.1 Å². The lowest BCUT2D eigenvalue weighted by molar-refractivity contribution is -0.127. The molecule has 0 unspecified atom stereocenters. The molecule has 0 spiro atoms. The average Bonchev–Trinajstić information content (AvgIpc) is 3.20. The van der Waals surface area contributed by atoms with Crippen LogP contribution in [-0.2, 0) is 9.59 Å². The third-order valence-corrected chi connectivity index (χ3v) is 4.27. The number of aromatic nitrogens is 1. The summed E-state index contributed by atoms with van der Waals surface area (Å²) in [7, 11) is 0. The first-order valence-electron chi connectivity index (χ1n) is 6.12. The molecule has 3 amide bonds. The van der Waals surface area contributed by atoms with Crippen molar-refractivity contribution in [2.24, 2.45) is 0 Å². The van der Waals surface area contributed by atoms with Crippen LogP contribution in [0.3, 0.4) is 0 Å². The Labute approximate surface area is 133 Å². The van der Waals surface area contributed by atoms with Crippen molar-refractivity contribution in [2.45, 2.75) is 0 Å². The van der Waals surface area contributed by atoms with E-state index in [1.165, 1.54) is 23.7 Å². The van der Waals surface area contributed by atoms with Crippen molar-refractivity contribution in [1.29, 1.82) is 0 Å². The minimum atomic E-state index is -0.513. The number of hydrogen-bond donors (Lipinski definition) is 1. The molecule has 1 fully saturated rings. The summed E-state index contributed by atoms with van der Waals surface area (Å²) in [6.07, 6.45) is 4.49. The Morgan fingerprint density at radius 1 is 1.45 bits per heavy atom. The molecule has 3 rings (SSSR count). The molecule has 0 aromatic carbocycles. The fourth-order valence-electron chi connectivity index (χ4n) is 1.73. The number of nitrogens with one attached hydrogen (secondary N) is 1. The van der Waals surface area contributed by atoms with Gasteiger partial charge in [-0.3, -0.25) is 19.3 Å². The SMILES string of the molecule is O=C(CN1C(=O)S/C(=C/c2ccco2)C1=O)Nc1nccs1. The highest BCUT2D eigenvalue weighted by atomic mass is 32.2. The Balaban J connectivity index is 1.68. The average molecular weight is 335 g/mol. The van der Waals surface area contributed by atoms with Gasteiger partial charge < -0.3 is 9.73 Å². The Kier molecular flexibility index (Phi) is 4.07. The predicted octanol–water partition coefficient (Wildman–Crippen LogP) is 2.41. The zero-order valence-electron chi connectivity index (χ0n) is 11.0. The van der Waals surface area contributed by atoms with Gasteiger partial charge in [-0.15, -0.1) is 11.3 Å². The molecule has 0 bridgehead atoms. The number of amides is 3. The van der Waals surface area contributed by atoms with Crippen LogP contribution in [0.2, 0.25) is 0 Å². The number of hydrogen-bond acceptors (Lipinski definition) is 7. The van der Waals surface area contributed by atoms with Crippen LogP contribution >= 0.6 is 23.1 Å². The molecule has 1 N–H and O–H groups in total. The smallest absolute Gasteiger partial charge is 0.294 e. The second-order valence-electron chi connectivity index (χ2n) is 4.17. The number of rotatable bonds is 4. The summed E-state index contributed by atoms with van der Waals surface area (Å²) in [6, 6.07) is 3.35. The zero-order chi connectivity index (χ0) is 15.5. The molecule has 3 heterocycles. The van der Waals surface area contributed by atoms with Gasteiger partial charge >= 0.3 is 0 Å². The fraction of sp³-hybridized carbons (Fsp3) is 0.0769. The first kappa shape index (κ1) is 14.5. The van der Waals surface area contributed by atoms with Crippen molar-refractivity contribution >= 4 is 51.4 Å². The highest BCUT2D eigenvalue weighted by Gasteiger charge is 2.36. The molecule has 9 heteroatoms. The normalized spacial score (nSPS) is 16.5. The molecule has 0 atom stereocenters. The zero-order valence-corrected chi connectivity index (χ0v) is 12.6. The lowest BCUT2D eigenvalue weighted by atomic mass is 10.3. The van der Waals surface area contributed by atoms with Crippen LogP contribution in [0.25, 0.3) is 6.08 Å². The van der Waals surface area contributed by atoms with E-state index in [2.05, 4.69) is 10.3 Å². The monoisotopic (exact) mass is 335 g/mol. The number of carbonyl (C=O) groups excluding carboxylic acids is 3. The molecule has 2 aromatic rings. The van der Waals surface area contributed by atoms with E-state index in [0.717, 1.165) is 16.7 Å². The first-order chi connectivity index (χ1) is 10.6. The third-order valence-electron chi connectivity index (χ3n) is 2.67. The lowest BCUT2D eigenvalue weighted by Crippen LogP contribution is -2.36. The number of thiazole rings is 1. The Morgan fingerprint density at radius 3 is 3.00 bits per heavy atom. The van der Waals surface area contributed by atoms with E-state index in [9.17, 15) is 14.4 Å². The third kappa shape index (κ3) is 3.10. The van der Waals surface area contributed by atoms with E-state index >= 15 is 0 Å². The van der Waals surface area contributed by atoms with Gasteiger partial charge in [0.05, 0.1) is 11.2 Å². The molecular weight excluding hydrogens is 326 g/mol. The van der Waals surface area contributed by atoms with Gasteiger partial charge in [-0.25, -0.2) is 4.98 Å². The number of carbonyl (C=O) groups is 3. The van der Waals surface area contributed by atoms with Crippen molar-refractivity contribution in [3.05, 3.63) is 40.6 Å². The van der Waals surface area contributed by atoms with E-state index in [0.29, 0.717) is 10.9 Å². The van der Waals surface area contributed by atoms with E-state index in [4.69, 9.17) is 4.42 Å². The molecule has 2 aromatic heterocycles. The second-order valence-corrected chi connectivity index (χ2v) is 6.06. The minimum Gasteiger partial charge on any atom is -0.465 e. The Morgan fingerprint density at radius 2 is 2.32 bits per heavy atom. The molecule has 0 radical (unpaired) electrons. The summed E-state index contributed by atoms with van der Waals surface area (Å²) in [5.41, 5.74) is 0. The number of nitrogens with zero attached hydrogens (tertiary/aromatic N) is 2. The van der Waals surface area contributed by atoms with Crippen LogP contribution in [0.5, 0.6) is 0 Å². The minimum absolute atomic E-state index is 0.224. The Hall–Kier alpha value is -2.39. The van der Waals surface area contributed by atoms with Crippen molar-refractivity contribution in [3.8, 4) is 0 Å². The van der Waals surface area contributed by atoms with Crippen molar-refractivity contribution in [3.63, 3.8) is 0 Å². The Bertz CT molecular complexity index is 737. The van der Waals surface area contributed by atoms with Gasteiger partial charge in [0.15, 0.2) is 5.13 Å². The number of furan rings is 1. The maximum atomic E-state index is 12.2. The van der Waals surface area contributed by atoms with Crippen LogP contribution in [0, 0.1) is 0 Å². The molecule has 1 aliphatic heterocycles. The number of imide groups is 1. The maximum absolute atomic E-state index is 12.2. The van der Waals surface area contributed by atoms with Crippen LogP contribution in [0.1, 0.15) is 5.76 Å². The second kappa shape index (κ2) is 6.16. The van der Waals surface area contributed by atoms with Crippen molar-refractivity contribution in [1.82, 2.24) is 9.88 Å². The summed E-state index contributed by atoms with van der Waals surface area (Å²) in [4.78, 5) is 40.9.